The minimum Gasteiger partial charge on any atom is -0.488 e. The van der Waals surface area contributed by atoms with Gasteiger partial charge >= 0.3 is 5.97 Å². The van der Waals surface area contributed by atoms with Crippen LogP contribution in [0.5, 0.6) is 5.75 Å². The van der Waals surface area contributed by atoms with Crippen molar-refractivity contribution in [3.8, 4) is 5.75 Å². The second-order valence-corrected chi connectivity index (χ2v) is 12.4. The number of carbonyl (C=O) groups is 3. The molecule has 0 aliphatic carbocycles. The molecule has 3 heterocycles. The standard InChI is InChI=1S/C27H27N3O8S2/c1-15(32)22-24(33)29-23(26(34)35)27(40-25(22)29)39-17-10-11-28(12-17)20(13-31)18-7-3-5-9-21(18)38-14-16-6-2-4-8-19(16)30(36)37/h2-9,13,15,17,20,22,25,32H,10-12,14H2,1H3,(H,34,35)/t15-,17?,20?,22+,25+/m0/s1. The van der Waals surface area contributed by atoms with Gasteiger partial charge in [0.15, 0.2) is 5.70 Å². The molecule has 0 radical (unpaired) electrons. The van der Waals surface area contributed by atoms with Crippen molar-refractivity contribution in [3.63, 3.8) is 0 Å². The highest BCUT2D eigenvalue weighted by Crippen LogP contribution is 2.55. The highest BCUT2D eigenvalue weighted by atomic mass is 32.2. The molecule has 2 aromatic rings. The summed E-state index contributed by atoms with van der Waals surface area (Å²) in [4.78, 5) is 51.0. The number of nitro benzene ring substituents is 1. The second-order valence-electron chi connectivity index (χ2n) is 9.74. The highest BCUT2D eigenvalue weighted by Gasteiger charge is 2.58. The van der Waals surface area contributed by atoms with Gasteiger partial charge in [-0.05, 0) is 25.5 Å². The van der Waals surface area contributed by atoms with E-state index < -0.39 is 34.3 Å². The minimum absolute atomic E-state index is 0.0156. The number of carboxylic acids is 1. The summed E-state index contributed by atoms with van der Waals surface area (Å²) in [6.45, 7) is 2.58. The average Bonchev–Trinajstić information content (AvgIpc) is 3.51. The van der Waals surface area contributed by atoms with Crippen molar-refractivity contribution in [1.29, 1.82) is 0 Å². The predicted octanol–water partition coefficient (Wildman–Crippen LogP) is 3.39. The summed E-state index contributed by atoms with van der Waals surface area (Å²) in [5.74, 6) is -1.75. The fourth-order valence-electron chi connectivity index (χ4n) is 5.27. The second kappa shape index (κ2) is 11.6. The van der Waals surface area contributed by atoms with Crippen LogP contribution in [0.15, 0.2) is 58.5 Å². The normalized spacial score (nSPS) is 23.9. The quantitative estimate of drug-likeness (QED) is 0.173. The van der Waals surface area contributed by atoms with Crippen LogP contribution in [0.3, 0.4) is 0 Å². The number of hydrogen-bond donors (Lipinski definition) is 2. The van der Waals surface area contributed by atoms with Gasteiger partial charge in [-0.2, -0.15) is 0 Å². The van der Waals surface area contributed by atoms with Crippen LogP contribution in [0.4, 0.5) is 5.69 Å². The summed E-state index contributed by atoms with van der Waals surface area (Å²) < 4.78 is 6.51. The lowest BCUT2D eigenvalue weighted by Crippen LogP contribution is -2.60. The van der Waals surface area contributed by atoms with Gasteiger partial charge in [-0.3, -0.25) is 24.7 Å². The van der Waals surface area contributed by atoms with E-state index in [2.05, 4.69) is 0 Å². The van der Waals surface area contributed by atoms with Crippen LogP contribution in [-0.2, 0) is 21.0 Å². The molecular weight excluding hydrogens is 558 g/mol. The molecule has 210 valence electrons. The first kappa shape index (κ1) is 28.1. The Bertz CT molecular complexity index is 1380. The number of nitrogens with zero attached hydrogens (tertiary/aromatic N) is 3. The molecule has 2 saturated heterocycles. The number of aliphatic hydroxyl groups excluding tert-OH is 1. The topological polar surface area (TPSA) is 151 Å². The van der Waals surface area contributed by atoms with Crippen molar-refractivity contribution in [1.82, 2.24) is 9.80 Å². The van der Waals surface area contributed by atoms with Crippen LogP contribution in [-0.4, -0.2) is 72.9 Å². The van der Waals surface area contributed by atoms with Crippen LogP contribution in [0, 0.1) is 16.0 Å². The van der Waals surface area contributed by atoms with Gasteiger partial charge in [0.25, 0.3) is 5.69 Å². The summed E-state index contributed by atoms with van der Waals surface area (Å²) in [7, 11) is 0. The molecule has 0 spiro atoms. The molecule has 40 heavy (non-hydrogen) atoms. The number of β-lactam (4-membered cyclic amide) rings is 1. The lowest BCUT2D eigenvalue weighted by atomic mass is 9.92. The Balaban J connectivity index is 1.29. The Morgan fingerprint density at radius 1 is 1.27 bits per heavy atom. The summed E-state index contributed by atoms with van der Waals surface area (Å²) in [5, 5.41) is 30.7. The van der Waals surface area contributed by atoms with Crippen LogP contribution in [0.1, 0.15) is 30.5 Å². The first-order chi connectivity index (χ1) is 19.2. The van der Waals surface area contributed by atoms with Crippen molar-refractivity contribution in [2.45, 2.75) is 42.7 Å². The van der Waals surface area contributed by atoms with Crippen molar-refractivity contribution < 1.29 is 34.3 Å². The summed E-state index contributed by atoms with van der Waals surface area (Å²) in [5.41, 5.74) is 0.968. The van der Waals surface area contributed by atoms with Gasteiger partial charge in [0.2, 0.25) is 5.91 Å². The number of para-hydroxylation sites is 2. The van der Waals surface area contributed by atoms with Gasteiger partial charge in [0.1, 0.15) is 24.0 Å². The zero-order chi connectivity index (χ0) is 28.6. The number of nitro groups is 1. The summed E-state index contributed by atoms with van der Waals surface area (Å²) >= 11 is 2.69. The number of fused-ring (bicyclic) bond motifs is 1. The molecule has 1 amide bonds. The number of thioether (sulfide) groups is 2. The minimum atomic E-state index is -1.18. The third kappa shape index (κ3) is 5.21. The van der Waals surface area contributed by atoms with E-state index in [0.29, 0.717) is 40.6 Å². The first-order valence-corrected chi connectivity index (χ1v) is 14.4. The fourth-order valence-corrected chi connectivity index (χ4v) is 8.60. The summed E-state index contributed by atoms with van der Waals surface area (Å²) in [6.07, 6.45) is 0.666. The molecule has 13 heteroatoms. The zero-order valence-electron chi connectivity index (χ0n) is 21.4. The van der Waals surface area contributed by atoms with E-state index in [1.165, 1.54) is 41.4 Å². The lowest BCUT2D eigenvalue weighted by Gasteiger charge is -2.43. The number of amides is 1. The van der Waals surface area contributed by atoms with Crippen molar-refractivity contribution in [3.05, 3.63) is 79.7 Å². The van der Waals surface area contributed by atoms with Crippen molar-refractivity contribution in [2.75, 3.05) is 13.1 Å². The number of hydrogen-bond acceptors (Lipinski definition) is 10. The maximum Gasteiger partial charge on any atom is 0.354 e. The van der Waals surface area contributed by atoms with Gasteiger partial charge in [-0.25, -0.2) is 4.79 Å². The molecule has 5 atom stereocenters. The smallest absolute Gasteiger partial charge is 0.354 e. The molecule has 3 aliphatic heterocycles. The molecule has 5 rings (SSSR count). The van der Waals surface area contributed by atoms with E-state index in [4.69, 9.17) is 4.74 Å². The van der Waals surface area contributed by atoms with Crippen molar-refractivity contribution >= 4 is 47.4 Å². The average molecular weight is 586 g/mol. The number of carboxylic acid groups (broad SMARTS) is 1. The molecule has 0 saturated carbocycles. The van der Waals surface area contributed by atoms with Crippen LogP contribution in [0.25, 0.3) is 0 Å². The Labute approximate surface area is 238 Å². The number of carbonyl (C=O) groups excluding carboxylic acids is 2. The third-order valence-electron chi connectivity index (χ3n) is 7.25. The first-order valence-electron chi connectivity index (χ1n) is 12.7. The van der Waals surface area contributed by atoms with E-state index in [-0.39, 0.29) is 29.1 Å². The predicted molar refractivity (Wildman–Crippen MR) is 148 cm³/mol. The molecule has 0 aromatic heterocycles. The Morgan fingerprint density at radius 3 is 2.70 bits per heavy atom. The zero-order valence-corrected chi connectivity index (χ0v) is 23.0. The van der Waals surface area contributed by atoms with E-state index in [9.17, 15) is 34.7 Å². The SMILES string of the molecule is C[C@H](O)[C@@H]1C(=O)N2C(C(=O)O)=C(SC3CCN(C(C=O)c4ccccc4OCc4ccccc4[N+](=O)[O-])C3)S[C@H]12. The maximum atomic E-state index is 12.5. The lowest BCUT2D eigenvalue weighted by molar-refractivity contribution is -0.385. The van der Waals surface area contributed by atoms with Crippen molar-refractivity contribution in [2.24, 2.45) is 5.92 Å². The molecule has 3 aliphatic rings. The Hall–Kier alpha value is -3.39. The van der Waals surface area contributed by atoms with E-state index >= 15 is 0 Å². The maximum absolute atomic E-state index is 12.5. The molecule has 2 aromatic carbocycles. The number of likely N-dealkylation sites (tertiary alicyclic amines) is 1. The van der Waals surface area contributed by atoms with Gasteiger partial charge in [0, 0.05) is 30.0 Å². The molecule has 2 unspecified atom stereocenters. The third-order valence-corrected chi connectivity index (χ3v) is 10.1. The molecule has 11 nitrogen and oxygen atoms in total. The number of ether oxygens (including phenoxy) is 1. The van der Waals surface area contributed by atoms with Gasteiger partial charge in [-0.1, -0.05) is 42.1 Å². The van der Waals surface area contributed by atoms with E-state index in [1.54, 1.807) is 42.5 Å². The van der Waals surface area contributed by atoms with Crippen LogP contribution >= 0.6 is 23.5 Å². The Morgan fingerprint density at radius 2 is 2.00 bits per heavy atom. The number of rotatable bonds is 11. The number of aliphatic carboxylic acids is 1. The largest absolute Gasteiger partial charge is 0.488 e. The van der Waals surface area contributed by atoms with Crippen LogP contribution in [0.2, 0.25) is 0 Å². The van der Waals surface area contributed by atoms with E-state index in [1.807, 2.05) is 4.90 Å². The molecular formula is C27H27N3O8S2. The highest BCUT2D eigenvalue weighted by molar-refractivity contribution is 8.23. The number of aldehydes is 1. The van der Waals surface area contributed by atoms with E-state index in [0.717, 1.165) is 6.29 Å². The number of benzene rings is 2. The molecule has 2 fully saturated rings. The molecule has 0 bridgehead atoms. The van der Waals surface area contributed by atoms with Gasteiger partial charge in [0.05, 0.1) is 32.8 Å². The molecule has 2 N–H and O–H groups in total. The monoisotopic (exact) mass is 585 g/mol. The van der Waals surface area contributed by atoms with Gasteiger partial charge in [-0.15, -0.1) is 11.8 Å². The Kier molecular flexibility index (Phi) is 8.17. The van der Waals surface area contributed by atoms with Gasteiger partial charge < -0.3 is 19.7 Å². The fraction of sp³-hybridized carbons (Fsp3) is 0.370. The van der Waals surface area contributed by atoms with Crippen LogP contribution < -0.4 is 4.74 Å². The number of aliphatic hydroxyl groups is 1. The summed E-state index contributed by atoms with van der Waals surface area (Å²) in [6, 6.07) is 12.8.